The second-order valence-corrected chi connectivity index (χ2v) is 4.10. The van der Waals surface area contributed by atoms with E-state index >= 15 is 0 Å². The molecular formula is C10H18N4. The van der Waals surface area contributed by atoms with E-state index in [1.165, 1.54) is 25.7 Å². The van der Waals surface area contributed by atoms with E-state index in [0.717, 1.165) is 12.2 Å². The summed E-state index contributed by atoms with van der Waals surface area (Å²) in [7, 11) is 0. The van der Waals surface area contributed by atoms with Crippen LogP contribution in [0.1, 0.15) is 31.7 Å². The zero-order valence-electron chi connectivity index (χ0n) is 8.39. The minimum atomic E-state index is 0.464. The van der Waals surface area contributed by atoms with Gasteiger partial charge in [0.25, 0.3) is 0 Å². The van der Waals surface area contributed by atoms with E-state index in [1.807, 2.05) is 10.9 Å². The van der Waals surface area contributed by atoms with E-state index in [4.69, 9.17) is 11.5 Å². The van der Waals surface area contributed by atoms with Crippen LogP contribution in [0.15, 0.2) is 12.4 Å². The zero-order chi connectivity index (χ0) is 9.97. The summed E-state index contributed by atoms with van der Waals surface area (Å²) in [6.45, 7) is 0.754. The van der Waals surface area contributed by atoms with Crippen molar-refractivity contribution in [3.05, 3.63) is 12.4 Å². The maximum Gasteiger partial charge on any atom is 0.0719 e. The molecule has 0 bridgehead atoms. The fourth-order valence-electron chi connectivity index (χ4n) is 2.35. The average molecular weight is 194 g/mol. The van der Waals surface area contributed by atoms with Crippen LogP contribution in [0.3, 0.4) is 0 Å². The van der Waals surface area contributed by atoms with Crippen LogP contribution in [0.2, 0.25) is 0 Å². The van der Waals surface area contributed by atoms with Crippen LogP contribution in [0.5, 0.6) is 0 Å². The van der Waals surface area contributed by atoms with Gasteiger partial charge in [0.2, 0.25) is 0 Å². The van der Waals surface area contributed by atoms with Crippen molar-refractivity contribution in [2.75, 3.05) is 12.3 Å². The first-order valence-electron chi connectivity index (χ1n) is 5.31. The number of nitrogens with two attached hydrogens (primary N) is 2. The molecule has 0 spiro atoms. The van der Waals surface area contributed by atoms with Crippen molar-refractivity contribution in [2.24, 2.45) is 11.7 Å². The number of hydrogen-bond acceptors (Lipinski definition) is 3. The zero-order valence-corrected chi connectivity index (χ0v) is 8.39. The average Bonchev–Trinajstić information content (AvgIpc) is 2.65. The van der Waals surface area contributed by atoms with E-state index < -0.39 is 0 Å². The molecule has 4 nitrogen and oxygen atoms in total. The van der Waals surface area contributed by atoms with Crippen LogP contribution >= 0.6 is 0 Å². The first-order chi connectivity index (χ1) is 6.81. The molecule has 1 aromatic heterocycles. The number of rotatable bonds is 2. The second-order valence-electron chi connectivity index (χ2n) is 4.10. The Hall–Kier alpha value is -1.03. The summed E-state index contributed by atoms with van der Waals surface area (Å²) in [6.07, 6.45) is 8.61. The molecule has 1 aliphatic rings. The summed E-state index contributed by atoms with van der Waals surface area (Å²) in [4.78, 5) is 0. The summed E-state index contributed by atoms with van der Waals surface area (Å²) in [5.41, 5.74) is 12.2. The third kappa shape index (κ3) is 1.75. The SMILES string of the molecule is NCC1CCCCC1n1cc(N)cn1. The van der Waals surface area contributed by atoms with Gasteiger partial charge < -0.3 is 11.5 Å². The summed E-state index contributed by atoms with van der Waals surface area (Å²) < 4.78 is 1.99. The van der Waals surface area contributed by atoms with Crippen LogP contribution in [0, 0.1) is 5.92 Å². The van der Waals surface area contributed by atoms with E-state index in [-0.39, 0.29) is 0 Å². The predicted molar refractivity (Wildman–Crippen MR) is 56.7 cm³/mol. The molecule has 0 aromatic carbocycles. The minimum Gasteiger partial charge on any atom is -0.396 e. The molecule has 1 aromatic rings. The third-order valence-corrected chi connectivity index (χ3v) is 3.13. The van der Waals surface area contributed by atoms with Gasteiger partial charge >= 0.3 is 0 Å². The normalized spacial score (nSPS) is 27.8. The van der Waals surface area contributed by atoms with Gasteiger partial charge in [0.05, 0.1) is 17.9 Å². The largest absolute Gasteiger partial charge is 0.396 e. The highest BCUT2D eigenvalue weighted by molar-refractivity contribution is 5.30. The Balaban J connectivity index is 2.14. The Labute approximate surface area is 84.3 Å². The van der Waals surface area contributed by atoms with Crippen molar-refractivity contribution in [3.8, 4) is 0 Å². The summed E-state index contributed by atoms with van der Waals surface area (Å²) in [6, 6.07) is 0.464. The number of anilines is 1. The van der Waals surface area contributed by atoms with E-state index in [1.54, 1.807) is 6.20 Å². The van der Waals surface area contributed by atoms with Gasteiger partial charge in [-0.3, -0.25) is 4.68 Å². The van der Waals surface area contributed by atoms with E-state index in [2.05, 4.69) is 5.10 Å². The fourth-order valence-corrected chi connectivity index (χ4v) is 2.35. The Kier molecular flexibility index (Phi) is 2.72. The Bertz CT molecular complexity index is 294. The molecule has 0 amide bonds. The molecule has 0 aliphatic heterocycles. The molecule has 1 fully saturated rings. The van der Waals surface area contributed by atoms with E-state index in [0.29, 0.717) is 12.0 Å². The van der Waals surface area contributed by atoms with Crippen LogP contribution in [-0.2, 0) is 0 Å². The Morgan fingerprint density at radius 2 is 2.21 bits per heavy atom. The number of nitrogens with zero attached hydrogens (tertiary/aromatic N) is 2. The standard InChI is InChI=1S/C10H18N4/c11-5-8-3-1-2-4-10(8)14-7-9(12)6-13-14/h6-8,10H,1-5,11-12H2. The van der Waals surface area contributed by atoms with Crippen LogP contribution < -0.4 is 11.5 Å². The number of aromatic nitrogens is 2. The molecular weight excluding hydrogens is 176 g/mol. The topological polar surface area (TPSA) is 69.9 Å². The van der Waals surface area contributed by atoms with Gasteiger partial charge in [-0.1, -0.05) is 12.8 Å². The lowest BCUT2D eigenvalue weighted by atomic mass is 9.85. The van der Waals surface area contributed by atoms with Crippen molar-refractivity contribution in [1.29, 1.82) is 0 Å². The van der Waals surface area contributed by atoms with Gasteiger partial charge in [0.1, 0.15) is 0 Å². The van der Waals surface area contributed by atoms with Crippen LogP contribution in [0.4, 0.5) is 5.69 Å². The third-order valence-electron chi connectivity index (χ3n) is 3.13. The fraction of sp³-hybridized carbons (Fsp3) is 0.700. The molecule has 0 radical (unpaired) electrons. The van der Waals surface area contributed by atoms with Gasteiger partial charge in [-0.05, 0) is 25.3 Å². The number of hydrogen-bond donors (Lipinski definition) is 2. The highest BCUT2D eigenvalue weighted by Crippen LogP contribution is 2.32. The van der Waals surface area contributed by atoms with Crippen molar-refractivity contribution in [1.82, 2.24) is 9.78 Å². The maximum atomic E-state index is 5.77. The van der Waals surface area contributed by atoms with Crippen molar-refractivity contribution in [3.63, 3.8) is 0 Å². The van der Waals surface area contributed by atoms with Gasteiger partial charge in [-0.2, -0.15) is 5.10 Å². The predicted octanol–water partition coefficient (Wildman–Crippen LogP) is 1.16. The van der Waals surface area contributed by atoms with Crippen molar-refractivity contribution >= 4 is 5.69 Å². The van der Waals surface area contributed by atoms with Crippen LogP contribution in [-0.4, -0.2) is 16.3 Å². The Morgan fingerprint density at radius 1 is 1.43 bits per heavy atom. The molecule has 2 unspecified atom stereocenters. The molecule has 14 heavy (non-hydrogen) atoms. The molecule has 4 heteroatoms. The van der Waals surface area contributed by atoms with Gasteiger partial charge in [0.15, 0.2) is 0 Å². The lowest BCUT2D eigenvalue weighted by molar-refractivity contribution is 0.229. The first kappa shape index (κ1) is 9.52. The Morgan fingerprint density at radius 3 is 2.86 bits per heavy atom. The molecule has 1 saturated carbocycles. The summed E-state index contributed by atoms with van der Waals surface area (Å²) >= 11 is 0. The molecule has 2 atom stereocenters. The maximum absolute atomic E-state index is 5.77. The van der Waals surface area contributed by atoms with Crippen LogP contribution in [0.25, 0.3) is 0 Å². The molecule has 2 rings (SSSR count). The quantitative estimate of drug-likeness (QED) is 0.742. The monoisotopic (exact) mass is 194 g/mol. The van der Waals surface area contributed by atoms with Crippen molar-refractivity contribution < 1.29 is 0 Å². The molecule has 4 N–H and O–H groups in total. The lowest BCUT2D eigenvalue weighted by Gasteiger charge is -2.30. The molecule has 1 heterocycles. The number of nitrogen functional groups attached to an aromatic ring is 1. The molecule has 1 aliphatic carbocycles. The smallest absolute Gasteiger partial charge is 0.0719 e. The summed E-state index contributed by atoms with van der Waals surface area (Å²) in [5.74, 6) is 0.572. The highest BCUT2D eigenvalue weighted by Gasteiger charge is 2.25. The second kappa shape index (κ2) is 4.00. The lowest BCUT2D eigenvalue weighted by Crippen LogP contribution is -2.29. The van der Waals surface area contributed by atoms with E-state index in [9.17, 15) is 0 Å². The molecule has 0 saturated heterocycles. The van der Waals surface area contributed by atoms with Gasteiger partial charge in [-0.25, -0.2) is 0 Å². The van der Waals surface area contributed by atoms with Gasteiger partial charge in [-0.15, -0.1) is 0 Å². The highest BCUT2D eigenvalue weighted by atomic mass is 15.3. The molecule has 78 valence electrons. The summed E-state index contributed by atoms with van der Waals surface area (Å²) in [5, 5.41) is 4.27. The van der Waals surface area contributed by atoms with Gasteiger partial charge in [0, 0.05) is 6.20 Å². The minimum absolute atomic E-state index is 0.464. The van der Waals surface area contributed by atoms with Crippen molar-refractivity contribution in [2.45, 2.75) is 31.7 Å². The first-order valence-corrected chi connectivity index (χ1v) is 5.31.